The van der Waals surface area contributed by atoms with Gasteiger partial charge in [0.05, 0.1) is 18.2 Å². The number of fused-ring (bicyclic) bond motifs is 1. The second-order valence-electron chi connectivity index (χ2n) is 6.63. The molecule has 29 heavy (non-hydrogen) atoms. The molecule has 0 bridgehead atoms. The van der Waals surface area contributed by atoms with Crippen LogP contribution in [0.25, 0.3) is 11.0 Å². The van der Waals surface area contributed by atoms with Gasteiger partial charge >= 0.3 is 0 Å². The summed E-state index contributed by atoms with van der Waals surface area (Å²) in [6.07, 6.45) is 0.210. The number of nitrogens with one attached hydrogen (secondary N) is 1. The van der Waals surface area contributed by atoms with Gasteiger partial charge in [0.2, 0.25) is 5.91 Å². The van der Waals surface area contributed by atoms with Crippen LogP contribution in [0.3, 0.4) is 0 Å². The van der Waals surface area contributed by atoms with E-state index in [1.165, 1.54) is 11.3 Å². The largest absolute Gasteiger partial charge is 0.486 e. The van der Waals surface area contributed by atoms with E-state index in [1.54, 1.807) is 12.1 Å². The molecule has 1 amide bonds. The van der Waals surface area contributed by atoms with Gasteiger partial charge < -0.3 is 14.5 Å². The molecule has 0 saturated heterocycles. The third-order valence-corrected chi connectivity index (χ3v) is 5.49. The highest BCUT2D eigenvalue weighted by molar-refractivity contribution is 7.09. The Morgan fingerprint density at radius 1 is 1.24 bits per heavy atom. The minimum Gasteiger partial charge on any atom is -0.486 e. The predicted molar refractivity (Wildman–Crippen MR) is 114 cm³/mol. The van der Waals surface area contributed by atoms with Gasteiger partial charge in [-0.3, -0.25) is 4.79 Å². The number of rotatable bonds is 7. The number of halogens is 1. The maximum absolute atomic E-state index is 12.4. The van der Waals surface area contributed by atoms with Gasteiger partial charge in [0, 0.05) is 15.8 Å². The number of nitrogens with zero attached hydrogens (tertiary/aromatic N) is 1. The third-order valence-electron chi connectivity index (χ3n) is 4.37. The fraction of sp³-hybridized carbons (Fsp3) is 0.182. The fourth-order valence-corrected chi connectivity index (χ4v) is 3.75. The van der Waals surface area contributed by atoms with Crippen molar-refractivity contribution in [2.45, 2.75) is 26.0 Å². The second kappa shape index (κ2) is 8.68. The molecule has 1 N–H and O–H groups in total. The molecule has 0 aliphatic carbocycles. The third kappa shape index (κ3) is 4.96. The van der Waals surface area contributed by atoms with E-state index >= 15 is 0 Å². The molecule has 0 aliphatic rings. The summed E-state index contributed by atoms with van der Waals surface area (Å²) in [5, 5.41) is 7.35. The summed E-state index contributed by atoms with van der Waals surface area (Å²) >= 11 is 7.34. The van der Waals surface area contributed by atoms with Gasteiger partial charge in [0.25, 0.3) is 0 Å². The molecular formula is C22H19ClN2O3S. The number of ether oxygens (including phenoxy) is 1. The monoisotopic (exact) mass is 426 g/mol. The molecule has 0 saturated carbocycles. The smallest absolute Gasteiger partial charge is 0.226 e. The van der Waals surface area contributed by atoms with E-state index in [0.717, 1.165) is 33.2 Å². The Kier molecular flexibility index (Phi) is 5.83. The zero-order valence-corrected chi connectivity index (χ0v) is 17.3. The number of para-hydroxylation sites is 1. The lowest BCUT2D eigenvalue weighted by atomic mass is 10.2. The van der Waals surface area contributed by atoms with Crippen LogP contribution in [0.1, 0.15) is 29.4 Å². The first-order valence-electron chi connectivity index (χ1n) is 9.16. The number of aromatic nitrogens is 1. The molecule has 1 unspecified atom stereocenters. The topological polar surface area (TPSA) is 64.4 Å². The van der Waals surface area contributed by atoms with Crippen LogP contribution >= 0.6 is 22.9 Å². The van der Waals surface area contributed by atoms with Crippen LogP contribution < -0.4 is 10.1 Å². The highest BCUT2D eigenvalue weighted by Crippen LogP contribution is 2.24. The molecule has 0 spiro atoms. The maximum Gasteiger partial charge on any atom is 0.226 e. The lowest BCUT2D eigenvalue weighted by Crippen LogP contribution is -2.28. The molecule has 7 heteroatoms. The number of amides is 1. The minimum atomic E-state index is -0.221. The van der Waals surface area contributed by atoms with Crippen LogP contribution in [0, 0.1) is 0 Å². The molecule has 0 fully saturated rings. The summed E-state index contributed by atoms with van der Waals surface area (Å²) in [6.45, 7) is 2.26. The minimum absolute atomic E-state index is 0.103. The number of hydrogen-bond acceptors (Lipinski definition) is 5. The molecule has 0 radical (unpaired) electrons. The summed E-state index contributed by atoms with van der Waals surface area (Å²) in [6, 6.07) is 16.7. The molecule has 2 aromatic carbocycles. The lowest BCUT2D eigenvalue weighted by Gasteiger charge is -2.10. The first-order valence-corrected chi connectivity index (χ1v) is 10.4. The predicted octanol–water partition coefficient (Wildman–Crippen LogP) is 5.54. The van der Waals surface area contributed by atoms with Crippen LogP contribution in [0.2, 0.25) is 5.02 Å². The van der Waals surface area contributed by atoms with E-state index in [4.69, 9.17) is 20.8 Å². The first kappa shape index (κ1) is 19.5. The van der Waals surface area contributed by atoms with Gasteiger partial charge in [-0.25, -0.2) is 4.98 Å². The van der Waals surface area contributed by atoms with Gasteiger partial charge in [-0.1, -0.05) is 29.8 Å². The Bertz CT molecular complexity index is 1090. The lowest BCUT2D eigenvalue weighted by molar-refractivity contribution is -0.121. The average molecular weight is 427 g/mol. The SMILES string of the molecule is CC(NC(=O)Cc1csc(COc2ccc(Cl)cc2)n1)c1cc2ccccc2o1. The number of furan rings is 1. The van der Waals surface area contributed by atoms with Crippen molar-refractivity contribution in [3.05, 3.63) is 81.5 Å². The quantitative estimate of drug-likeness (QED) is 0.421. The molecular weight excluding hydrogens is 408 g/mol. The van der Waals surface area contributed by atoms with Crippen LogP contribution in [-0.4, -0.2) is 10.9 Å². The van der Waals surface area contributed by atoms with E-state index < -0.39 is 0 Å². The van der Waals surface area contributed by atoms with Gasteiger partial charge in [-0.05, 0) is 43.3 Å². The van der Waals surface area contributed by atoms with Crippen molar-refractivity contribution < 1.29 is 13.9 Å². The molecule has 2 heterocycles. The summed E-state index contributed by atoms with van der Waals surface area (Å²) in [7, 11) is 0. The Morgan fingerprint density at radius 3 is 2.83 bits per heavy atom. The van der Waals surface area contributed by atoms with Crippen molar-refractivity contribution in [2.75, 3.05) is 0 Å². The van der Waals surface area contributed by atoms with Gasteiger partial charge in [0.15, 0.2) is 0 Å². The van der Waals surface area contributed by atoms with E-state index in [0.29, 0.717) is 11.6 Å². The Balaban J connectivity index is 1.30. The highest BCUT2D eigenvalue weighted by Gasteiger charge is 2.15. The average Bonchev–Trinajstić information content (AvgIpc) is 3.34. The van der Waals surface area contributed by atoms with Crippen molar-refractivity contribution in [1.29, 1.82) is 0 Å². The molecule has 4 rings (SSSR count). The fourth-order valence-electron chi connectivity index (χ4n) is 2.92. The maximum atomic E-state index is 12.4. The van der Waals surface area contributed by atoms with E-state index in [-0.39, 0.29) is 18.4 Å². The van der Waals surface area contributed by atoms with Crippen LogP contribution in [-0.2, 0) is 17.8 Å². The first-order chi connectivity index (χ1) is 14.1. The normalized spacial score (nSPS) is 12.1. The summed E-state index contributed by atoms with van der Waals surface area (Å²) in [5.41, 5.74) is 1.53. The number of carbonyl (C=O) groups excluding carboxylic acids is 1. The van der Waals surface area contributed by atoms with Crippen molar-refractivity contribution in [1.82, 2.24) is 10.3 Å². The zero-order chi connectivity index (χ0) is 20.2. The summed E-state index contributed by atoms with van der Waals surface area (Å²) < 4.78 is 11.5. The van der Waals surface area contributed by atoms with Crippen molar-refractivity contribution in [3.63, 3.8) is 0 Å². The molecule has 4 aromatic rings. The van der Waals surface area contributed by atoms with Gasteiger partial charge in [-0.15, -0.1) is 11.3 Å². The van der Waals surface area contributed by atoms with Crippen molar-refractivity contribution >= 4 is 39.8 Å². The Morgan fingerprint density at radius 2 is 2.03 bits per heavy atom. The molecule has 1 atom stereocenters. The molecule has 148 valence electrons. The van der Waals surface area contributed by atoms with Gasteiger partial charge in [-0.2, -0.15) is 0 Å². The standard InChI is InChI=1S/C22H19ClN2O3S/c1-14(20-10-15-4-2-3-5-19(15)28-20)24-21(26)11-17-13-29-22(25-17)12-27-18-8-6-16(23)7-9-18/h2-10,13-14H,11-12H2,1H3,(H,24,26). The van der Waals surface area contributed by atoms with Crippen molar-refractivity contribution in [3.8, 4) is 5.75 Å². The van der Waals surface area contributed by atoms with E-state index in [2.05, 4.69) is 10.3 Å². The van der Waals surface area contributed by atoms with Gasteiger partial charge in [0.1, 0.15) is 28.7 Å². The van der Waals surface area contributed by atoms with Crippen LogP contribution in [0.15, 0.2) is 64.4 Å². The molecule has 2 aromatic heterocycles. The van der Waals surface area contributed by atoms with Crippen LogP contribution in [0.5, 0.6) is 5.75 Å². The highest BCUT2D eigenvalue weighted by atomic mass is 35.5. The molecule has 5 nitrogen and oxygen atoms in total. The molecule has 0 aliphatic heterocycles. The van der Waals surface area contributed by atoms with E-state index in [1.807, 2.05) is 54.8 Å². The number of carbonyl (C=O) groups is 1. The Hall–Kier alpha value is -2.83. The number of thiazole rings is 1. The number of benzene rings is 2. The van der Waals surface area contributed by atoms with Crippen LogP contribution in [0.4, 0.5) is 0 Å². The Labute approximate surface area is 177 Å². The van der Waals surface area contributed by atoms with E-state index in [9.17, 15) is 4.79 Å². The summed E-state index contributed by atoms with van der Waals surface area (Å²) in [5.74, 6) is 1.35. The second-order valence-corrected chi connectivity index (χ2v) is 8.01. The number of hydrogen-bond donors (Lipinski definition) is 1. The zero-order valence-electron chi connectivity index (χ0n) is 15.7. The summed E-state index contributed by atoms with van der Waals surface area (Å²) in [4.78, 5) is 16.9. The van der Waals surface area contributed by atoms with Crippen molar-refractivity contribution in [2.24, 2.45) is 0 Å².